The molecule has 3 heterocycles. The highest BCUT2D eigenvalue weighted by atomic mass is 16.5. The Balaban J connectivity index is 1.46. The largest absolute Gasteiger partial charge is 0.390 e. The summed E-state index contributed by atoms with van der Waals surface area (Å²) in [6.45, 7) is 5.36. The number of benzene rings is 1. The molecule has 1 N–H and O–H groups in total. The number of likely N-dealkylation sites (tertiary alicyclic amines) is 1. The van der Waals surface area contributed by atoms with Crippen LogP contribution in [0.4, 0.5) is 0 Å². The molecule has 0 bridgehead atoms. The van der Waals surface area contributed by atoms with E-state index < -0.39 is 5.60 Å². The number of ether oxygens (including phenoxy) is 1. The minimum Gasteiger partial charge on any atom is -0.390 e. The Kier molecular flexibility index (Phi) is 4.63. The zero-order valence-electron chi connectivity index (χ0n) is 14.8. The van der Waals surface area contributed by atoms with Crippen molar-refractivity contribution in [3.63, 3.8) is 0 Å². The lowest BCUT2D eigenvalue weighted by atomic mass is 9.79. The first kappa shape index (κ1) is 16.8. The lowest BCUT2D eigenvalue weighted by molar-refractivity contribution is -0.123. The van der Waals surface area contributed by atoms with Crippen LogP contribution in [-0.4, -0.2) is 51.0 Å². The third-order valence-corrected chi connectivity index (χ3v) is 5.85. The molecule has 4 rings (SSSR count). The molecule has 2 aromatic rings. The van der Waals surface area contributed by atoms with E-state index >= 15 is 0 Å². The van der Waals surface area contributed by atoms with E-state index in [0.29, 0.717) is 19.3 Å². The van der Waals surface area contributed by atoms with Crippen molar-refractivity contribution in [2.75, 3.05) is 19.8 Å². The van der Waals surface area contributed by atoms with Crippen molar-refractivity contribution in [3.8, 4) is 5.69 Å². The molecular weight excluding hydrogens is 314 g/mol. The Bertz CT molecular complexity index is 681. The number of imidazole rings is 1. The minimum absolute atomic E-state index is 0.203. The fraction of sp³-hybridized carbons (Fsp3) is 0.550. The average molecular weight is 341 g/mol. The highest BCUT2D eigenvalue weighted by Gasteiger charge is 2.43. The lowest BCUT2D eigenvalue weighted by Gasteiger charge is -2.43. The van der Waals surface area contributed by atoms with E-state index in [1.165, 1.54) is 12.0 Å². The van der Waals surface area contributed by atoms with Crippen LogP contribution in [0, 0.1) is 5.92 Å². The Morgan fingerprint density at radius 2 is 2.16 bits per heavy atom. The summed E-state index contributed by atoms with van der Waals surface area (Å²) in [5, 5.41) is 10.8. The second kappa shape index (κ2) is 6.90. The normalized spacial score (nSPS) is 30.6. The number of hydrogen-bond acceptors (Lipinski definition) is 4. The summed E-state index contributed by atoms with van der Waals surface area (Å²) in [6, 6.07) is 9.08. The third-order valence-electron chi connectivity index (χ3n) is 5.85. The molecule has 1 aromatic heterocycles. The molecular formula is C20H27N3O2. The Morgan fingerprint density at radius 3 is 2.88 bits per heavy atom. The van der Waals surface area contributed by atoms with Gasteiger partial charge in [-0.25, -0.2) is 4.98 Å². The van der Waals surface area contributed by atoms with E-state index in [-0.39, 0.29) is 5.92 Å². The summed E-state index contributed by atoms with van der Waals surface area (Å²) in [5.74, 6) is 0.203. The number of nitrogens with zero attached hydrogens (tertiary/aromatic N) is 3. The first-order valence-corrected chi connectivity index (χ1v) is 9.25. The number of rotatable bonds is 4. The highest BCUT2D eigenvalue weighted by molar-refractivity contribution is 5.34. The fourth-order valence-corrected chi connectivity index (χ4v) is 4.30. The van der Waals surface area contributed by atoms with Crippen LogP contribution in [0.3, 0.4) is 0 Å². The van der Waals surface area contributed by atoms with E-state index in [1.54, 1.807) is 6.20 Å². The molecule has 3 atom stereocenters. The lowest BCUT2D eigenvalue weighted by Crippen LogP contribution is -2.52. The van der Waals surface area contributed by atoms with Crippen LogP contribution in [-0.2, 0) is 11.3 Å². The van der Waals surface area contributed by atoms with Gasteiger partial charge in [0.15, 0.2) is 0 Å². The number of aliphatic hydroxyl groups is 1. The second-order valence-electron chi connectivity index (χ2n) is 7.61. The molecule has 0 unspecified atom stereocenters. The van der Waals surface area contributed by atoms with Gasteiger partial charge >= 0.3 is 0 Å². The van der Waals surface area contributed by atoms with E-state index in [4.69, 9.17) is 4.74 Å². The van der Waals surface area contributed by atoms with Gasteiger partial charge in [0.05, 0.1) is 18.5 Å². The van der Waals surface area contributed by atoms with E-state index in [2.05, 4.69) is 34.1 Å². The summed E-state index contributed by atoms with van der Waals surface area (Å²) in [5.41, 5.74) is 1.83. The number of aromatic nitrogens is 2. The fourth-order valence-electron chi connectivity index (χ4n) is 4.30. The molecule has 2 aliphatic rings. The molecule has 134 valence electrons. The maximum absolute atomic E-state index is 10.8. The van der Waals surface area contributed by atoms with Crippen molar-refractivity contribution in [1.82, 2.24) is 14.5 Å². The van der Waals surface area contributed by atoms with Gasteiger partial charge in [0.1, 0.15) is 0 Å². The van der Waals surface area contributed by atoms with Crippen LogP contribution in [0.5, 0.6) is 0 Å². The predicted molar refractivity (Wildman–Crippen MR) is 96.5 cm³/mol. The molecule has 1 aromatic carbocycles. The third kappa shape index (κ3) is 3.50. The van der Waals surface area contributed by atoms with Gasteiger partial charge in [-0.3, -0.25) is 4.90 Å². The van der Waals surface area contributed by atoms with Crippen LogP contribution in [0.1, 0.15) is 31.7 Å². The van der Waals surface area contributed by atoms with E-state index in [9.17, 15) is 5.11 Å². The molecule has 0 radical (unpaired) electrons. The molecule has 5 nitrogen and oxygen atoms in total. The van der Waals surface area contributed by atoms with Crippen molar-refractivity contribution in [2.24, 2.45) is 5.92 Å². The van der Waals surface area contributed by atoms with Gasteiger partial charge in [-0.2, -0.15) is 0 Å². The minimum atomic E-state index is -0.614. The standard InChI is InChI=1S/C20H27N3O2/c1-20(24)8-12-25-14-18(20)19-3-2-10-22(19)13-16-4-6-17(7-5-16)23-11-9-21-15-23/h4-7,9,11,15,18-19,24H,2-3,8,10,12-14H2,1H3/t18-,19+,20+/m1/s1. The topological polar surface area (TPSA) is 50.5 Å². The molecule has 0 spiro atoms. The molecule has 25 heavy (non-hydrogen) atoms. The van der Waals surface area contributed by atoms with Crippen LogP contribution < -0.4 is 0 Å². The van der Waals surface area contributed by atoms with Crippen LogP contribution >= 0.6 is 0 Å². The zero-order chi connectivity index (χ0) is 17.3. The van der Waals surface area contributed by atoms with Crippen LogP contribution in [0.25, 0.3) is 5.69 Å². The summed E-state index contributed by atoms with van der Waals surface area (Å²) >= 11 is 0. The molecule has 0 saturated carbocycles. The molecule has 2 fully saturated rings. The van der Waals surface area contributed by atoms with Crippen molar-refractivity contribution in [3.05, 3.63) is 48.5 Å². The maximum Gasteiger partial charge on any atom is 0.0991 e. The van der Waals surface area contributed by atoms with Gasteiger partial charge in [-0.1, -0.05) is 12.1 Å². The van der Waals surface area contributed by atoms with E-state index in [0.717, 1.165) is 31.6 Å². The highest BCUT2D eigenvalue weighted by Crippen LogP contribution is 2.36. The van der Waals surface area contributed by atoms with Crippen molar-refractivity contribution in [2.45, 2.75) is 44.4 Å². The van der Waals surface area contributed by atoms with Crippen molar-refractivity contribution < 1.29 is 9.84 Å². The first-order chi connectivity index (χ1) is 12.1. The van der Waals surface area contributed by atoms with Crippen LogP contribution in [0.2, 0.25) is 0 Å². The summed E-state index contributed by atoms with van der Waals surface area (Å²) < 4.78 is 7.70. The van der Waals surface area contributed by atoms with Gasteiger partial charge in [0.25, 0.3) is 0 Å². The SMILES string of the molecule is C[C@]1(O)CCOC[C@@H]1[C@@H]1CCCN1Cc1ccc(-n2ccnc2)cc1. The first-order valence-electron chi connectivity index (χ1n) is 9.25. The molecule has 2 saturated heterocycles. The van der Waals surface area contributed by atoms with Gasteiger partial charge in [0, 0.05) is 43.2 Å². The van der Waals surface area contributed by atoms with Crippen molar-refractivity contribution >= 4 is 0 Å². The molecule has 0 amide bonds. The summed E-state index contributed by atoms with van der Waals surface area (Å²) in [6.07, 6.45) is 8.65. The molecule has 5 heteroatoms. The average Bonchev–Trinajstić information content (AvgIpc) is 3.27. The smallest absolute Gasteiger partial charge is 0.0991 e. The van der Waals surface area contributed by atoms with Crippen LogP contribution in [0.15, 0.2) is 43.0 Å². The Morgan fingerprint density at radius 1 is 1.32 bits per heavy atom. The van der Waals surface area contributed by atoms with Crippen molar-refractivity contribution in [1.29, 1.82) is 0 Å². The predicted octanol–water partition coefficient (Wildman–Crippen LogP) is 2.62. The van der Waals surface area contributed by atoms with Gasteiger partial charge in [0.2, 0.25) is 0 Å². The van der Waals surface area contributed by atoms with Gasteiger partial charge in [-0.05, 0) is 50.4 Å². The van der Waals surface area contributed by atoms with Gasteiger partial charge < -0.3 is 14.4 Å². The maximum atomic E-state index is 10.8. The second-order valence-corrected chi connectivity index (χ2v) is 7.61. The number of hydrogen-bond donors (Lipinski definition) is 1. The Hall–Kier alpha value is -1.69. The van der Waals surface area contributed by atoms with Gasteiger partial charge in [-0.15, -0.1) is 0 Å². The Labute approximate surface area is 149 Å². The quantitative estimate of drug-likeness (QED) is 0.929. The monoisotopic (exact) mass is 341 g/mol. The van der Waals surface area contributed by atoms with E-state index in [1.807, 2.05) is 24.0 Å². The molecule has 0 aliphatic carbocycles. The summed E-state index contributed by atoms with van der Waals surface area (Å²) in [4.78, 5) is 6.63. The molecule has 2 aliphatic heterocycles. The summed E-state index contributed by atoms with van der Waals surface area (Å²) in [7, 11) is 0. The zero-order valence-corrected chi connectivity index (χ0v) is 14.8.